The van der Waals surface area contributed by atoms with Crippen molar-refractivity contribution in [2.45, 2.75) is 12.8 Å². The van der Waals surface area contributed by atoms with Crippen molar-refractivity contribution < 1.29 is 23.9 Å². The predicted octanol–water partition coefficient (Wildman–Crippen LogP) is 1.99. The molecular weight excluding hydrogens is 344 g/mol. The number of carbonyl (C=O) groups is 4. The molecule has 0 fully saturated rings. The Bertz CT molecular complexity index is 786. The number of amides is 2. The molecule has 130 valence electrons. The molecular formula is C17H16N2O5S. The SMILES string of the molecule is NC(=O)c1ccccc1NC(=O)COC(=O)CCC(=O)c1cccs1. The van der Waals surface area contributed by atoms with Crippen LogP contribution >= 0.6 is 11.3 Å². The van der Waals surface area contributed by atoms with Gasteiger partial charge in [-0.15, -0.1) is 11.3 Å². The van der Waals surface area contributed by atoms with Gasteiger partial charge in [0.15, 0.2) is 12.4 Å². The molecule has 0 saturated heterocycles. The fraction of sp³-hybridized carbons (Fsp3) is 0.176. The Morgan fingerprint density at radius 2 is 1.80 bits per heavy atom. The third-order valence-corrected chi connectivity index (χ3v) is 4.09. The molecule has 2 rings (SSSR count). The van der Waals surface area contributed by atoms with Crippen LogP contribution in [-0.2, 0) is 14.3 Å². The summed E-state index contributed by atoms with van der Waals surface area (Å²) in [5.74, 6) is -2.08. The molecule has 0 aliphatic rings. The fourth-order valence-corrected chi connectivity index (χ4v) is 2.68. The van der Waals surface area contributed by atoms with Crippen LogP contribution in [0.4, 0.5) is 5.69 Å². The molecule has 0 saturated carbocycles. The van der Waals surface area contributed by atoms with Gasteiger partial charge in [-0.25, -0.2) is 0 Å². The number of hydrogen-bond acceptors (Lipinski definition) is 6. The van der Waals surface area contributed by atoms with E-state index in [4.69, 9.17) is 10.5 Å². The first-order chi connectivity index (χ1) is 12.0. The lowest BCUT2D eigenvalue weighted by molar-refractivity contribution is -0.147. The Hall–Kier alpha value is -3.00. The van der Waals surface area contributed by atoms with Gasteiger partial charge < -0.3 is 15.8 Å². The minimum Gasteiger partial charge on any atom is -0.456 e. The number of nitrogens with one attached hydrogen (secondary N) is 1. The van der Waals surface area contributed by atoms with Crippen molar-refractivity contribution in [1.82, 2.24) is 0 Å². The second-order valence-electron chi connectivity index (χ2n) is 5.02. The zero-order valence-electron chi connectivity index (χ0n) is 13.2. The summed E-state index contributed by atoms with van der Waals surface area (Å²) >= 11 is 1.30. The van der Waals surface area contributed by atoms with Crippen LogP contribution in [0.3, 0.4) is 0 Å². The van der Waals surface area contributed by atoms with Crippen LogP contribution < -0.4 is 11.1 Å². The number of para-hydroxylation sites is 1. The van der Waals surface area contributed by atoms with Crippen LogP contribution in [0.2, 0.25) is 0 Å². The summed E-state index contributed by atoms with van der Waals surface area (Å²) in [5, 5.41) is 4.23. The highest BCUT2D eigenvalue weighted by atomic mass is 32.1. The number of rotatable bonds is 8. The van der Waals surface area contributed by atoms with E-state index in [1.807, 2.05) is 0 Å². The van der Waals surface area contributed by atoms with Gasteiger partial charge in [-0.3, -0.25) is 19.2 Å². The first-order valence-electron chi connectivity index (χ1n) is 7.38. The Morgan fingerprint density at radius 1 is 1.04 bits per heavy atom. The maximum Gasteiger partial charge on any atom is 0.306 e. The summed E-state index contributed by atoms with van der Waals surface area (Å²) in [7, 11) is 0. The molecule has 0 spiro atoms. The van der Waals surface area contributed by atoms with Gasteiger partial charge in [-0.05, 0) is 23.6 Å². The van der Waals surface area contributed by atoms with Crippen LogP contribution in [-0.4, -0.2) is 30.2 Å². The molecule has 8 heteroatoms. The van der Waals surface area contributed by atoms with E-state index < -0.39 is 24.4 Å². The summed E-state index contributed by atoms with van der Waals surface area (Å²) in [6, 6.07) is 9.66. The third kappa shape index (κ3) is 5.54. The van der Waals surface area contributed by atoms with Gasteiger partial charge in [0.2, 0.25) is 0 Å². The van der Waals surface area contributed by atoms with Crippen LogP contribution in [0.5, 0.6) is 0 Å². The Labute approximate surface area is 147 Å². The van der Waals surface area contributed by atoms with Gasteiger partial charge in [0.25, 0.3) is 11.8 Å². The smallest absolute Gasteiger partial charge is 0.306 e. The number of anilines is 1. The standard InChI is InChI=1S/C17H16N2O5S/c18-17(23)11-4-1-2-5-12(11)19-15(21)10-24-16(22)8-7-13(20)14-6-3-9-25-14/h1-6,9H,7-8,10H2,(H2,18,23)(H,19,21). The van der Waals surface area contributed by atoms with Crippen molar-refractivity contribution >= 4 is 40.6 Å². The van der Waals surface area contributed by atoms with Gasteiger partial charge in [-0.2, -0.15) is 0 Å². The van der Waals surface area contributed by atoms with Crippen LogP contribution in [0.1, 0.15) is 32.9 Å². The summed E-state index contributed by atoms with van der Waals surface area (Å²) in [6.07, 6.45) is -0.0899. The van der Waals surface area contributed by atoms with Gasteiger partial charge in [0.1, 0.15) is 0 Å². The highest BCUT2D eigenvalue weighted by Gasteiger charge is 2.14. The maximum atomic E-state index is 11.8. The predicted molar refractivity (Wildman–Crippen MR) is 92.4 cm³/mol. The first-order valence-corrected chi connectivity index (χ1v) is 8.26. The second kappa shape index (κ2) is 8.74. The third-order valence-electron chi connectivity index (χ3n) is 3.18. The molecule has 1 heterocycles. The number of Topliss-reactive ketones (excluding diaryl/α,β-unsaturated/α-hetero) is 1. The second-order valence-corrected chi connectivity index (χ2v) is 5.97. The van der Waals surface area contributed by atoms with E-state index in [9.17, 15) is 19.2 Å². The van der Waals surface area contributed by atoms with Gasteiger partial charge in [0.05, 0.1) is 22.5 Å². The van der Waals surface area contributed by atoms with E-state index in [2.05, 4.69) is 5.32 Å². The number of hydrogen-bond donors (Lipinski definition) is 2. The van der Waals surface area contributed by atoms with E-state index in [1.54, 1.807) is 29.6 Å². The largest absolute Gasteiger partial charge is 0.456 e. The topological polar surface area (TPSA) is 116 Å². The van der Waals surface area contributed by atoms with Crippen LogP contribution in [0.15, 0.2) is 41.8 Å². The fourth-order valence-electron chi connectivity index (χ4n) is 1.99. The number of carbonyl (C=O) groups excluding carboxylic acids is 4. The van der Waals surface area contributed by atoms with E-state index in [1.165, 1.54) is 23.5 Å². The summed E-state index contributed by atoms with van der Waals surface area (Å²) in [6.45, 7) is -0.515. The zero-order valence-corrected chi connectivity index (χ0v) is 14.0. The monoisotopic (exact) mass is 360 g/mol. The number of benzene rings is 1. The van der Waals surface area contributed by atoms with Crippen molar-refractivity contribution in [3.8, 4) is 0 Å². The van der Waals surface area contributed by atoms with Gasteiger partial charge in [0, 0.05) is 6.42 Å². The first kappa shape index (κ1) is 18.3. The molecule has 3 N–H and O–H groups in total. The number of ketones is 1. The average Bonchev–Trinajstić information content (AvgIpc) is 3.13. The highest BCUT2D eigenvalue weighted by Crippen LogP contribution is 2.14. The molecule has 2 aromatic rings. The molecule has 0 atom stereocenters. The van der Waals surface area contributed by atoms with Gasteiger partial charge in [-0.1, -0.05) is 18.2 Å². The van der Waals surface area contributed by atoms with Crippen molar-refractivity contribution in [1.29, 1.82) is 0 Å². The summed E-state index contributed by atoms with van der Waals surface area (Å²) in [5.41, 5.74) is 5.61. The van der Waals surface area contributed by atoms with Crippen molar-refractivity contribution in [3.63, 3.8) is 0 Å². The quantitative estimate of drug-likeness (QED) is 0.552. The van der Waals surface area contributed by atoms with E-state index in [0.29, 0.717) is 4.88 Å². The number of ether oxygens (including phenoxy) is 1. The Morgan fingerprint density at radius 3 is 2.48 bits per heavy atom. The molecule has 0 aliphatic heterocycles. The number of esters is 1. The van der Waals surface area contributed by atoms with Crippen molar-refractivity contribution in [2.24, 2.45) is 5.73 Å². The summed E-state index contributed by atoms with van der Waals surface area (Å²) in [4.78, 5) is 47.1. The molecule has 0 unspecified atom stereocenters. The highest BCUT2D eigenvalue weighted by molar-refractivity contribution is 7.12. The lowest BCUT2D eigenvalue weighted by Gasteiger charge is -2.09. The molecule has 1 aromatic carbocycles. The minimum atomic E-state index is -0.681. The van der Waals surface area contributed by atoms with Crippen molar-refractivity contribution in [3.05, 3.63) is 52.2 Å². The molecule has 2 amide bonds. The average molecular weight is 360 g/mol. The normalized spacial score (nSPS) is 10.1. The molecule has 25 heavy (non-hydrogen) atoms. The van der Waals surface area contributed by atoms with Crippen LogP contribution in [0, 0.1) is 0 Å². The lowest BCUT2D eigenvalue weighted by atomic mass is 10.1. The number of primary amides is 1. The van der Waals surface area contributed by atoms with E-state index >= 15 is 0 Å². The van der Waals surface area contributed by atoms with Crippen LogP contribution in [0.25, 0.3) is 0 Å². The minimum absolute atomic E-state index is 0.0193. The molecule has 7 nitrogen and oxygen atoms in total. The molecule has 0 bridgehead atoms. The van der Waals surface area contributed by atoms with Gasteiger partial charge >= 0.3 is 5.97 Å². The lowest BCUT2D eigenvalue weighted by Crippen LogP contribution is -2.23. The van der Waals surface area contributed by atoms with E-state index in [-0.39, 0.29) is 29.9 Å². The number of nitrogens with two attached hydrogens (primary N) is 1. The summed E-state index contributed by atoms with van der Waals surface area (Å²) < 4.78 is 4.83. The maximum absolute atomic E-state index is 11.8. The molecule has 0 aliphatic carbocycles. The Kier molecular flexibility index (Phi) is 6.41. The van der Waals surface area contributed by atoms with Crippen molar-refractivity contribution in [2.75, 3.05) is 11.9 Å². The van der Waals surface area contributed by atoms with E-state index in [0.717, 1.165) is 0 Å². The molecule has 0 radical (unpaired) electrons. The number of thiophene rings is 1. The molecule has 1 aromatic heterocycles. The Balaban J connectivity index is 1.77. The zero-order chi connectivity index (χ0) is 18.2.